The topological polar surface area (TPSA) is 67.8 Å². The summed E-state index contributed by atoms with van der Waals surface area (Å²) in [6.07, 6.45) is 5.82. The van der Waals surface area contributed by atoms with E-state index in [1.807, 2.05) is 29.2 Å². The van der Waals surface area contributed by atoms with Crippen LogP contribution in [-0.2, 0) is 4.74 Å². The van der Waals surface area contributed by atoms with E-state index in [9.17, 15) is 4.79 Å². The Morgan fingerprint density at radius 3 is 2.52 bits per heavy atom. The Hall–Kier alpha value is -2.67. The third kappa shape index (κ3) is 4.36. The second-order valence-corrected chi connectivity index (χ2v) is 6.80. The number of anilines is 1. The van der Waals surface area contributed by atoms with Crippen molar-refractivity contribution >= 4 is 11.9 Å². The minimum absolute atomic E-state index is 0.0503. The number of carbonyl (C=O) groups excluding carboxylic acids is 1. The first kappa shape index (κ1) is 17.7. The normalized spacial score (nSPS) is 19.9. The molecule has 2 aliphatic rings. The predicted molar refractivity (Wildman–Crippen MR) is 101 cm³/mol. The molecular formula is C20H24N4O3. The molecule has 0 saturated carbocycles. The van der Waals surface area contributed by atoms with Crippen LogP contribution in [0.5, 0.6) is 5.75 Å². The summed E-state index contributed by atoms with van der Waals surface area (Å²) in [6, 6.07) is 9.18. The Bertz CT molecular complexity index is 740. The van der Waals surface area contributed by atoms with Crippen molar-refractivity contribution in [1.82, 2.24) is 14.9 Å². The van der Waals surface area contributed by atoms with Gasteiger partial charge >= 0.3 is 0 Å². The van der Waals surface area contributed by atoms with E-state index in [1.54, 1.807) is 18.5 Å². The molecule has 0 spiro atoms. The van der Waals surface area contributed by atoms with Crippen LogP contribution in [0.1, 0.15) is 23.2 Å². The van der Waals surface area contributed by atoms with Gasteiger partial charge in [-0.1, -0.05) is 0 Å². The number of carbonyl (C=O) groups is 1. The lowest BCUT2D eigenvalue weighted by atomic mass is 10.1. The summed E-state index contributed by atoms with van der Waals surface area (Å²) in [6.45, 7) is 4.18. The van der Waals surface area contributed by atoms with Gasteiger partial charge in [0.2, 0.25) is 5.95 Å². The van der Waals surface area contributed by atoms with Gasteiger partial charge in [0.25, 0.3) is 5.91 Å². The maximum atomic E-state index is 12.7. The van der Waals surface area contributed by atoms with E-state index in [-0.39, 0.29) is 12.0 Å². The molecule has 1 amide bonds. The van der Waals surface area contributed by atoms with Gasteiger partial charge in [-0.3, -0.25) is 4.79 Å². The van der Waals surface area contributed by atoms with Gasteiger partial charge in [-0.15, -0.1) is 0 Å². The zero-order valence-corrected chi connectivity index (χ0v) is 15.3. The van der Waals surface area contributed by atoms with E-state index in [0.717, 1.165) is 44.2 Å². The monoisotopic (exact) mass is 368 g/mol. The number of aromatic nitrogens is 2. The van der Waals surface area contributed by atoms with Crippen LogP contribution in [-0.4, -0.2) is 66.3 Å². The number of nitrogens with zero attached hydrogens (tertiary/aromatic N) is 4. The first-order valence-corrected chi connectivity index (χ1v) is 9.45. The molecule has 1 atom stereocenters. The fraction of sp³-hybridized carbons (Fsp3) is 0.450. The van der Waals surface area contributed by atoms with Crippen LogP contribution in [0, 0.1) is 0 Å². The van der Waals surface area contributed by atoms with E-state index in [0.29, 0.717) is 25.3 Å². The van der Waals surface area contributed by atoms with Crippen LogP contribution in [0.25, 0.3) is 0 Å². The molecular weight excluding hydrogens is 344 g/mol. The van der Waals surface area contributed by atoms with Gasteiger partial charge < -0.3 is 19.3 Å². The fourth-order valence-electron chi connectivity index (χ4n) is 3.41. The number of hydrogen-bond donors (Lipinski definition) is 0. The van der Waals surface area contributed by atoms with Crippen molar-refractivity contribution in [3.05, 3.63) is 48.3 Å². The smallest absolute Gasteiger partial charge is 0.253 e. The second kappa shape index (κ2) is 8.35. The predicted octanol–water partition coefficient (Wildman–Crippen LogP) is 2.00. The van der Waals surface area contributed by atoms with Crippen molar-refractivity contribution in [2.45, 2.75) is 18.9 Å². The molecule has 7 nitrogen and oxygen atoms in total. The number of benzene rings is 1. The number of ether oxygens (including phenoxy) is 2. The molecule has 0 aliphatic carbocycles. The summed E-state index contributed by atoms with van der Waals surface area (Å²) in [4.78, 5) is 25.3. The van der Waals surface area contributed by atoms with Crippen molar-refractivity contribution in [2.75, 3.05) is 44.3 Å². The van der Waals surface area contributed by atoms with Gasteiger partial charge in [0.1, 0.15) is 12.4 Å². The van der Waals surface area contributed by atoms with Crippen molar-refractivity contribution in [2.24, 2.45) is 0 Å². The van der Waals surface area contributed by atoms with E-state index in [2.05, 4.69) is 14.9 Å². The Balaban J connectivity index is 1.29. The summed E-state index contributed by atoms with van der Waals surface area (Å²) < 4.78 is 11.3. The SMILES string of the molecule is O=C(c1ccc(OC[C@@H]2CCCO2)cc1)N1CCN(c2ncccn2)CC1. The van der Waals surface area contributed by atoms with Crippen molar-refractivity contribution in [3.8, 4) is 5.75 Å². The number of amides is 1. The first-order chi connectivity index (χ1) is 13.3. The minimum Gasteiger partial charge on any atom is -0.491 e. The Morgan fingerprint density at radius 1 is 1.11 bits per heavy atom. The molecule has 142 valence electrons. The van der Waals surface area contributed by atoms with E-state index in [1.165, 1.54) is 0 Å². The molecule has 1 aromatic heterocycles. The third-order valence-corrected chi connectivity index (χ3v) is 4.96. The average Bonchev–Trinajstić information content (AvgIpc) is 3.27. The highest BCUT2D eigenvalue weighted by Gasteiger charge is 2.23. The molecule has 1 aromatic carbocycles. The molecule has 4 rings (SSSR count). The molecule has 3 heterocycles. The third-order valence-electron chi connectivity index (χ3n) is 4.96. The maximum absolute atomic E-state index is 12.7. The van der Waals surface area contributed by atoms with Gasteiger partial charge in [-0.05, 0) is 43.2 Å². The van der Waals surface area contributed by atoms with E-state index < -0.39 is 0 Å². The Morgan fingerprint density at radius 2 is 1.85 bits per heavy atom. The Kier molecular flexibility index (Phi) is 5.48. The molecule has 0 unspecified atom stereocenters. The molecule has 0 radical (unpaired) electrons. The van der Waals surface area contributed by atoms with Gasteiger partial charge in [-0.25, -0.2) is 9.97 Å². The van der Waals surface area contributed by atoms with Gasteiger partial charge in [0, 0.05) is 50.7 Å². The molecule has 2 aromatic rings. The highest BCUT2D eigenvalue weighted by Crippen LogP contribution is 2.18. The first-order valence-electron chi connectivity index (χ1n) is 9.45. The minimum atomic E-state index is 0.0503. The van der Waals surface area contributed by atoms with Gasteiger partial charge in [-0.2, -0.15) is 0 Å². The summed E-state index contributed by atoms with van der Waals surface area (Å²) in [5.74, 6) is 1.54. The van der Waals surface area contributed by atoms with Gasteiger partial charge in [0.05, 0.1) is 6.10 Å². The number of piperazine rings is 1. The zero-order chi connectivity index (χ0) is 18.5. The van der Waals surface area contributed by atoms with Crippen LogP contribution in [0.15, 0.2) is 42.7 Å². The Labute approximate surface area is 158 Å². The lowest BCUT2D eigenvalue weighted by Gasteiger charge is -2.34. The quantitative estimate of drug-likeness (QED) is 0.804. The molecule has 2 aliphatic heterocycles. The molecule has 7 heteroatoms. The largest absolute Gasteiger partial charge is 0.491 e. The van der Waals surface area contributed by atoms with Crippen molar-refractivity contribution in [3.63, 3.8) is 0 Å². The van der Waals surface area contributed by atoms with E-state index >= 15 is 0 Å². The average molecular weight is 368 g/mol. The molecule has 0 N–H and O–H groups in total. The summed E-state index contributed by atoms with van der Waals surface area (Å²) in [5.41, 5.74) is 0.684. The van der Waals surface area contributed by atoms with Gasteiger partial charge in [0.15, 0.2) is 0 Å². The lowest BCUT2D eigenvalue weighted by Crippen LogP contribution is -2.49. The molecule has 2 fully saturated rings. The highest BCUT2D eigenvalue weighted by atomic mass is 16.5. The summed E-state index contributed by atoms with van der Waals surface area (Å²) in [7, 11) is 0. The lowest BCUT2D eigenvalue weighted by molar-refractivity contribution is 0.0678. The molecule has 27 heavy (non-hydrogen) atoms. The number of rotatable bonds is 5. The van der Waals surface area contributed by atoms with Crippen molar-refractivity contribution in [1.29, 1.82) is 0 Å². The highest BCUT2D eigenvalue weighted by molar-refractivity contribution is 5.94. The van der Waals surface area contributed by atoms with Crippen LogP contribution >= 0.6 is 0 Å². The van der Waals surface area contributed by atoms with Crippen LogP contribution < -0.4 is 9.64 Å². The fourth-order valence-corrected chi connectivity index (χ4v) is 3.41. The molecule has 0 bridgehead atoms. The maximum Gasteiger partial charge on any atom is 0.253 e. The second-order valence-electron chi connectivity index (χ2n) is 6.80. The van der Waals surface area contributed by atoms with Crippen LogP contribution in [0.2, 0.25) is 0 Å². The summed E-state index contributed by atoms with van der Waals surface area (Å²) in [5, 5.41) is 0. The van der Waals surface area contributed by atoms with Crippen LogP contribution in [0.3, 0.4) is 0 Å². The molecule has 2 saturated heterocycles. The summed E-state index contributed by atoms with van der Waals surface area (Å²) >= 11 is 0. The number of hydrogen-bond acceptors (Lipinski definition) is 6. The standard InChI is InChI=1S/C20H24N4O3/c25-19(23-10-12-24(13-11-23)20-21-8-2-9-22-20)16-4-6-17(7-5-16)27-15-18-3-1-14-26-18/h2,4-9,18H,1,3,10-15H2/t18-/m0/s1. The van der Waals surface area contributed by atoms with Crippen molar-refractivity contribution < 1.29 is 14.3 Å². The van der Waals surface area contributed by atoms with Crippen LogP contribution in [0.4, 0.5) is 5.95 Å². The zero-order valence-electron chi connectivity index (χ0n) is 15.3. The van der Waals surface area contributed by atoms with E-state index in [4.69, 9.17) is 9.47 Å².